The molecule has 0 radical (unpaired) electrons. The lowest BCUT2D eigenvalue weighted by atomic mass is 10.1. The minimum absolute atomic E-state index is 0.169. The number of hydrogen-bond acceptors (Lipinski definition) is 6. The van der Waals surface area contributed by atoms with Crippen molar-refractivity contribution in [3.8, 4) is 5.75 Å². The monoisotopic (exact) mass is 441 g/mol. The Hall–Kier alpha value is -3.40. The molecule has 0 aliphatic rings. The first kappa shape index (κ1) is 20.9. The second kappa shape index (κ2) is 8.38. The van der Waals surface area contributed by atoms with Crippen molar-refractivity contribution in [2.45, 2.75) is 33.4 Å². The normalized spacial score (nSPS) is 11.5. The number of benzene rings is 1. The van der Waals surface area contributed by atoms with Gasteiger partial charge in [-0.1, -0.05) is 13.8 Å². The summed E-state index contributed by atoms with van der Waals surface area (Å²) in [4.78, 5) is 38.6. The lowest BCUT2D eigenvalue weighted by molar-refractivity contribution is -0.117. The van der Waals surface area contributed by atoms with Gasteiger partial charge in [-0.3, -0.25) is 14.2 Å². The zero-order valence-electron chi connectivity index (χ0n) is 17.5. The van der Waals surface area contributed by atoms with Gasteiger partial charge in [-0.15, -0.1) is 16.4 Å². The van der Waals surface area contributed by atoms with Crippen molar-refractivity contribution in [1.29, 1.82) is 0 Å². The molecule has 0 fully saturated rings. The van der Waals surface area contributed by atoms with Gasteiger partial charge in [0.15, 0.2) is 0 Å². The summed E-state index contributed by atoms with van der Waals surface area (Å²) in [5.41, 5.74) is 0.467. The molecule has 0 bridgehead atoms. The van der Waals surface area contributed by atoms with E-state index in [9.17, 15) is 14.4 Å². The highest BCUT2D eigenvalue weighted by Crippen LogP contribution is 2.18. The van der Waals surface area contributed by atoms with Crippen molar-refractivity contribution in [2.75, 3.05) is 12.4 Å². The molecule has 3 aromatic heterocycles. The van der Waals surface area contributed by atoms with Crippen LogP contribution in [0.4, 0.5) is 5.69 Å². The average Bonchev–Trinajstić information content (AvgIpc) is 3.34. The Balaban J connectivity index is 1.70. The number of ether oxygens (including phenoxy) is 1. The number of carbonyl (C=O) groups excluding carboxylic acids is 1. The highest BCUT2D eigenvalue weighted by Gasteiger charge is 2.19. The van der Waals surface area contributed by atoms with Crippen LogP contribution in [0.3, 0.4) is 0 Å². The maximum Gasteiger partial charge on any atom is 0.352 e. The quantitative estimate of drug-likeness (QED) is 0.475. The van der Waals surface area contributed by atoms with E-state index in [4.69, 9.17) is 4.74 Å². The number of methoxy groups -OCH3 is 1. The van der Waals surface area contributed by atoms with Crippen LogP contribution < -0.4 is 21.3 Å². The van der Waals surface area contributed by atoms with E-state index in [0.717, 1.165) is 11.1 Å². The molecule has 0 saturated carbocycles. The van der Waals surface area contributed by atoms with Crippen molar-refractivity contribution in [3.63, 3.8) is 0 Å². The Kier molecular flexibility index (Phi) is 5.64. The minimum Gasteiger partial charge on any atom is -0.497 e. The highest BCUT2D eigenvalue weighted by molar-refractivity contribution is 7.17. The predicted molar refractivity (Wildman–Crippen MR) is 120 cm³/mol. The first-order valence-corrected chi connectivity index (χ1v) is 10.8. The van der Waals surface area contributed by atoms with Crippen molar-refractivity contribution in [1.82, 2.24) is 18.7 Å². The van der Waals surface area contributed by atoms with Crippen LogP contribution >= 0.6 is 11.3 Å². The third-order valence-electron chi connectivity index (χ3n) is 4.99. The van der Waals surface area contributed by atoms with Crippen LogP contribution in [0.2, 0.25) is 0 Å². The van der Waals surface area contributed by atoms with Crippen LogP contribution in [0.5, 0.6) is 5.75 Å². The fourth-order valence-corrected chi connectivity index (χ4v) is 4.16. The molecule has 4 rings (SSSR count). The van der Waals surface area contributed by atoms with E-state index in [1.54, 1.807) is 42.8 Å². The molecule has 0 unspecified atom stereocenters. The Morgan fingerprint density at radius 2 is 1.94 bits per heavy atom. The van der Waals surface area contributed by atoms with Gasteiger partial charge in [0.05, 0.1) is 12.6 Å². The van der Waals surface area contributed by atoms with Gasteiger partial charge >= 0.3 is 5.69 Å². The SMILES string of the molecule is COc1ccc(NC(=O)Cn2nc3n(CCC(C)C)c(=O)c4sccc4n3c2=O)cc1. The maximum absolute atomic E-state index is 13.1. The number of carbonyl (C=O) groups is 1. The fraction of sp³-hybridized carbons (Fsp3) is 0.333. The molecule has 4 aromatic rings. The third kappa shape index (κ3) is 3.98. The van der Waals surface area contributed by atoms with Gasteiger partial charge in [-0.25, -0.2) is 13.9 Å². The number of rotatable bonds is 7. The zero-order valence-corrected chi connectivity index (χ0v) is 18.3. The first-order valence-electron chi connectivity index (χ1n) is 9.92. The van der Waals surface area contributed by atoms with Crippen LogP contribution in [-0.2, 0) is 17.9 Å². The Morgan fingerprint density at radius 3 is 2.61 bits per heavy atom. The number of nitrogens with one attached hydrogen (secondary N) is 1. The van der Waals surface area contributed by atoms with Gasteiger partial charge in [0, 0.05) is 12.2 Å². The van der Waals surface area contributed by atoms with Crippen molar-refractivity contribution in [2.24, 2.45) is 5.92 Å². The molecule has 1 aromatic carbocycles. The van der Waals surface area contributed by atoms with Gasteiger partial charge in [0.2, 0.25) is 11.7 Å². The minimum atomic E-state index is -0.457. The topological polar surface area (TPSA) is 99.6 Å². The summed E-state index contributed by atoms with van der Waals surface area (Å²) in [5, 5.41) is 8.86. The van der Waals surface area contributed by atoms with E-state index in [1.807, 2.05) is 0 Å². The van der Waals surface area contributed by atoms with E-state index >= 15 is 0 Å². The molecule has 0 spiro atoms. The molecule has 3 heterocycles. The van der Waals surface area contributed by atoms with Crippen molar-refractivity contribution < 1.29 is 9.53 Å². The molecule has 0 atom stereocenters. The number of aromatic nitrogens is 4. The van der Waals surface area contributed by atoms with Crippen molar-refractivity contribution >= 4 is 38.9 Å². The van der Waals surface area contributed by atoms with E-state index in [1.165, 1.54) is 20.3 Å². The second-order valence-corrected chi connectivity index (χ2v) is 8.54. The molecule has 31 heavy (non-hydrogen) atoms. The largest absolute Gasteiger partial charge is 0.497 e. The Labute approximate surface area is 181 Å². The van der Waals surface area contributed by atoms with Crippen LogP contribution in [-0.4, -0.2) is 31.8 Å². The molecular formula is C21H23N5O4S. The summed E-state index contributed by atoms with van der Waals surface area (Å²) < 4.78 is 9.64. The molecule has 0 aliphatic carbocycles. The summed E-state index contributed by atoms with van der Waals surface area (Å²) in [6.07, 6.45) is 0.769. The molecule has 0 saturated heterocycles. The summed E-state index contributed by atoms with van der Waals surface area (Å²) >= 11 is 1.29. The summed E-state index contributed by atoms with van der Waals surface area (Å²) in [5.74, 6) is 0.913. The molecule has 0 aliphatic heterocycles. The molecule has 1 amide bonds. The van der Waals surface area contributed by atoms with Gasteiger partial charge < -0.3 is 10.1 Å². The third-order valence-corrected chi connectivity index (χ3v) is 5.88. The maximum atomic E-state index is 13.1. The van der Waals surface area contributed by atoms with E-state index in [-0.39, 0.29) is 17.9 Å². The number of fused-ring (bicyclic) bond motifs is 3. The number of amides is 1. The first-order chi connectivity index (χ1) is 14.9. The number of nitrogens with zero attached hydrogens (tertiary/aromatic N) is 4. The van der Waals surface area contributed by atoms with Gasteiger partial charge in [-0.05, 0) is 48.1 Å². The zero-order chi connectivity index (χ0) is 22.1. The van der Waals surface area contributed by atoms with Crippen LogP contribution in [0, 0.1) is 5.92 Å². The van der Waals surface area contributed by atoms with Crippen LogP contribution in [0.1, 0.15) is 20.3 Å². The summed E-state index contributed by atoms with van der Waals surface area (Å²) in [6.45, 7) is 4.32. The van der Waals surface area contributed by atoms with Crippen molar-refractivity contribution in [3.05, 3.63) is 56.5 Å². The molecule has 9 nitrogen and oxygen atoms in total. The molecular weight excluding hydrogens is 418 g/mol. The molecule has 1 N–H and O–H groups in total. The standard InChI is InChI=1S/C21H23N5O4S/c1-13(2)8-10-24-19(28)18-16(9-11-31-18)26-20(24)23-25(21(26)29)12-17(27)22-14-4-6-15(30-3)7-5-14/h4-7,9,11,13H,8,10,12H2,1-3H3,(H,22,27). The second-order valence-electron chi connectivity index (χ2n) is 7.63. The van der Waals surface area contributed by atoms with E-state index in [0.29, 0.717) is 34.1 Å². The molecule has 10 heteroatoms. The number of hydrogen-bond donors (Lipinski definition) is 1. The lowest BCUT2D eigenvalue weighted by Gasteiger charge is -2.09. The van der Waals surface area contributed by atoms with E-state index in [2.05, 4.69) is 24.3 Å². The fourth-order valence-electron chi connectivity index (χ4n) is 3.34. The number of aryl methyl sites for hydroxylation is 1. The smallest absolute Gasteiger partial charge is 0.352 e. The average molecular weight is 442 g/mol. The van der Waals surface area contributed by atoms with Gasteiger partial charge in [0.1, 0.15) is 17.0 Å². The van der Waals surface area contributed by atoms with Gasteiger partial charge in [-0.2, -0.15) is 0 Å². The van der Waals surface area contributed by atoms with Crippen LogP contribution in [0.25, 0.3) is 16.0 Å². The molecule has 162 valence electrons. The van der Waals surface area contributed by atoms with E-state index < -0.39 is 11.6 Å². The number of thiophene rings is 1. The summed E-state index contributed by atoms with van der Waals surface area (Å²) in [6, 6.07) is 8.61. The predicted octanol–water partition coefficient (Wildman–Crippen LogP) is 2.57. The highest BCUT2D eigenvalue weighted by atomic mass is 32.1. The lowest BCUT2D eigenvalue weighted by Crippen LogP contribution is -2.29. The summed E-state index contributed by atoms with van der Waals surface area (Å²) in [7, 11) is 1.56. The van der Waals surface area contributed by atoms with Gasteiger partial charge in [0.25, 0.3) is 5.56 Å². The Morgan fingerprint density at radius 1 is 1.19 bits per heavy atom. The number of anilines is 1. The Bertz CT molecular complexity index is 1360. The van der Waals surface area contributed by atoms with Crippen LogP contribution in [0.15, 0.2) is 45.3 Å².